The van der Waals surface area contributed by atoms with E-state index in [1.54, 1.807) is 18.5 Å². The maximum Gasteiger partial charge on any atom is 0.322 e. The molecule has 152 valence electrons. The molecule has 7 nitrogen and oxygen atoms in total. The highest BCUT2D eigenvalue weighted by Gasteiger charge is 2.32. The van der Waals surface area contributed by atoms with E-state index < -0.39 is 12.1 Å². The predicted octanol–water partition coefficient (Wildman–Crippen LogP) is 3.65. The Bertz CT molecular complexity index is 1070. The molecule has 30 heavy (non-hydrogen) atoms. The molecule has 2 N–H and O–H groups in total. The Morgan fingerprint density at radius 3 is 2.57 bits per heavy atom. The molecule has 4 rings (SSSR count). The molecular weight excluding hydrogens is 400 g/mol. The number of benzene rings is 1. The van der Waals surface area contributed by atoms with Crippen LogP contribution in [0.4, 0.5) is 4.79 Å². The van der Waals surface area contributed by atoms with Crippen LogP contribution in [-0.4, -0.2) is 21.9 Å². The number of amides is 3. The van der Waals surface area contributed by atoms with Crippen LogP contribution in [0.25, 0.3) is 0 Å². The lowest BCUT2D eigenvalue weighted by molar-refractivity contribution is -0.120. The van der Waals surface area contributed by atoms with E-state index in [4.69, 9.17) is 4.74 Å². The number of imide groups is 1. The van der Waals surface area contributed by atoms with E-state index in [0.29, 0.717) is 12.2 Å². The highest BCUT2D eigenvalue weighted by atomic mass is 32.2. The number of rotatable bonds is 7. The lowest BCUT2D eigenvalue weighted by Crippen LogP contribution is -2.22. The number of pyridine rings is 2. The van der Waals surface area contributed by atoms with Gasteiger partial charge in [-0.1, -0.05) is 18.7 Å². The Kier molecular flexibility index (Phi) is 5.94. The third-order valence-corrected chi connectivity index (χ3v) is 5.69. The summed E-state index contributed by atoms with van der Waals surface area (Å²) in [5.74, 6) is 0.397. The molecule has 2 aromatic heterocycles. The summed E-state index contributed by atoms with van der Waals surface area (Å²) >= 11 is 1.47. The van der Waals surface area contributed by atoms with Crippen molar-refractivity contribution < 1.29 is 14.3 Å². The smallest absolute Gasteiger partial charge is 0.322 e. The summed E-state index contributed by atoms with van der Waals surface area (Å²) in [4.78, 5) is 33.6. The number of aryl methyl sites for hydroxylation is 1. The van der Waals surface area contributed by atoms with Crippen LogP contribution in [0.15, 0.2) is 71.0 Å². The zero-order chi connectivity index (χ0) is 20.9. The summed E-state index contributed by atoms with van der Waals surface area (Å²) in [6.07, 6.45) is 7.91. The second kappa shape index (κ2) is 8.96. The van der Waals surface area contributed by atoms with Gasteiger partial charge in [-0.3, -0.25) is 20.1 Å². The Morgan fingerprint density at radius 1 is 1.03 bits per heavy atom. The summed E-state index contributed by atoms with van der Waals surface area (Å²) in [6, 6.07) is 10.3. The lowest BCUT2D eigenvalue weighted by Gasteiger charge is -2.13. The topological polar surface area (TPSA) is 93.2 Å². The quantitative estimate of drug-likeness (QED) is 0.567. The van der Waals surface area contributed by atoms with Crippen LogP contribution in [0, 0.1) is 0 Å². The highest BCUT2D eigenvalue weighted by Crippen LogP contribution is 2.34. The van der Waals surface area contributed by atoms with Crippen molar-refractivity contribution in [3.8, 4) is 5.75 Å². The summed E-state index contributed by atoms with van der Waals surface area (Å²) < 4.78 is 5.87. The largest absolute Gasteiger partial charge is 0.489 e. The van der Waals surface area contributed by atoms with Crippen molar-refractivity contribution in [3.05, 3.63) is 77.9 Å². The first-order chi connectivity index (χ1) is 14.6. The second-order valence-corrected chi connectivity index (χ2v) is 7.84. The van der Waals surface area contributed by atoms with Gasteiger partial charge in [0.2, 0.25) is 0 Å². The van der Waals surface area contributed by atoms with Crippen LogP contribution in [-0.2, 0) is 17.8 Å². The van der Waals surface area contributed by atoms with Gasteiger partial charge >= 0.3 is 6.03 Å². The molecule has 8 heteroatoms. The van der Waals surface area contributed by atoms with Crippen molar-refractivity contribution in [1.29, 1.82) is 0 Å². The first-order valence-electron chi connectivity index (χ1n) is 9.51. The van der Waals surface area contributed by atoms with Crippen molar-refractivity contribution in [2.45, 2.75) is 35.8 Å². The molecule has 1 aliphatic rings. The van der Waals surface area contributed by atoms with E-state index in [0.717, 1.165) is 27.5 Å². The normalized spacial score (nSPS) is 15.6. The van der Waals surface area contributed by atoms with Crippen molar-refractivity contribution >= 4 is 23.7 Å². The van der Waals surface area contributed by atoms with Crippen LogP contribution in [0.5, 0.6) is 5.75 Å². The molecule has 1 aromatic carbocycles. The van der Waals surface area contributed by atoms with Crippen LogP contribution in [0.2, 0.25) is 0 Å². The van der Waals surface area contributed by atoms with Crippen LogP contribution < -0.4 is 15.4 Å². The molecule has 1 unspecified atom stereocenters. The van der Waals surface area contributed by atoms with Gasteiger partial charge < -0.3 is 10.1 Å². The fourth-order valence-electron chi connectivity index (χ4n) is 3.06. The Hall–Kier alpha value is -3.39. The molecule has 0 spiro atoms. The molecule has 1 saturated heterocycles. The molecule has 3 heterocycles. The molecule has 3 amide bonds. The van der Waals surface area contributed by atoms with Crippen LogP contribution >= 0.6 is 11.8 Å². The minimum Gasteiger partial charge on any atom is -0.489 e. The number of hydrogen-bond donors (Lipinski definition) is 2. The highest BCUT2D eigenvalue weighted by molar-refractivity contribution is 7.99. The average Bonchev–Trinajstić information content (AvgIpc) is 3.11. The fraction of sp³-hybridized carbons (Fsp3) is 0.182. The van der Waals surface area contributed by atoms with E-state index in [1.807, 2.05) is 36.7 Å². The third-order valence-electron chi connectivity index (χ3n) is 4.62. The van der Waals surface area contributed by atoms with E-state index in [1.165, 1.54) is 17.3 Å². The van der Waals surface area contributed by atoms with Gasteiger partial charge in [-0.25, -0.2) is 4.79 Å². The van der Waals surface area contributed by atoms with Gasteiger partial charge in [-0.2, -0.15) is 0 Å². The molecule has 0 bridgehead atoms. The maximum absolute atomic E-state index is 12.0. The summed E-state index contributed by atoms with van der Waals surface area (Å²) in [6.45, 7) is 2.55. The number of carbonyl (C=O) groups is 2. The van der Waals surface area contributed by atoms with Gasteiger partial charge in [0, 0.05) is 45.7 Å². The monoisotopic (exact) mass is 420 g/mol. The maximum atomic E-state index is 12.0. The molecular formula is C22H20N4O3S. The second-order valence-electron chi connectivity index (χ2n) is 6.73. The van der Waals surface area contributed by atoms with Gasteiger partial charge in [-0.05, 0) is 48.4 Å². The number of hydrogen-bond acceptors (Lipinski definition) is 6. The Labute approximate surface area is 178 Å². The third kappa shape index (κ3) is 4.60. The van der Waals surface area contributed by atoms with Crippen molar-refractivity contribution in [2.24, 2.45) is 0 Å². The molecule has 1 atom stereocenters. The summed E-state index contributed by atoms with van der Waals surface area (Å²) in [7, 11) is 0. The molecule has 3 aromatic rings. The molecule has 1 fully saturated rings. The standard InChI is InChI=1S/C22H20N4O3S/c1-2-14-9-15(11-24-10-14)13-29-16-3-5-17(6-4-16)30-19-12-23-8-7-18(19)20-21(27)26-22(28)25-20/h3-12,20H,2,13H2,1H3,(H2,25,26,27,28). The zero-order valence-corrected chi connectivity index (χ0v) is 17.1. The van der Waals surface area contributed by atoms with Gasteiger partial charge in [0.1, 0.15) is 18.4 Å². The van der Waals surface area contributed by atoms with Crippen molar-refractivity contribution in [1.82, 2.24) is 20.6 Å². The number of nitrogens with zero attached hydrogens (tertiary/aromatic N) is 2. The molecule has 0 saturated carbocycles. The molecule has 0 aliphatic carbocycles. The SMILES string of the molecule is CCc1cncc(COc2ccc(Sc3cnccc3C3NC(=O)NC3=O)cc2)c1. The van der Waals surface area contributed by atoms with E-state index >= 15 is 0 Å². The minimum atomic E-state index is -0.710. The zero-order valence-electron chi connectivity index (χ0n) is 16.3. The van der Waals surface area contributed by atoms with Crippen LogP contribution in [0.1, 0.15) is 29.7 Å². The number of aromatic nitrogens is 2. The Balaban J connectivity index is 1.43. The molecule has 0 radical (unpaired) electrons. The number of nitrogens with one attached hydrogen (secondary N) is 2. The first-order valence-corrected chi connectivity index (χ1v) is 10.3. The minimum absolute atomic E-state index is 0.363. The van der Waals surface area contributed by atoms with E-state index in [2.05, 4.69) is 33.6 Å². The number of carbonyl (C=O) groups excluding carboxylic acids is 2. The van der Waals surface area contributed by atoms with Gasteiger partial charge in [0.25, 0.3) is 5.91 Å². The first kappa shape index (κ1) is 19.9. The van der Waals surface area contributed by atoms with E-state index in [-0.39, 0.29) is 5.91 Å². The summed E-state index contributed by atoms with van der Waals surface area (Å²) in [5, 5.41) is 4.89. The Morgan fingerprint density at radius 2 is 1.83 bits per heavy atom. The summed E-state index contributed by atoms with van der Waals surface area (Å²) in [5.41, 5.74) is 2.92. The average molecular weight is 420 g/mol. The number of ether oxygens (including phenoxy) is 1. The molecule has 1 aliphatic heterocycles. The van der Waals surface area contributed by atoms with Gasteiger partial charge in [0.15, 0.2) is 0 Å². The van der Waals surface area contributed by atoms with Gasteiger partial charge in [0.05, 0.1) is 0 Å². The lowest BCUT2D eigenvalue weighted by atomic mass is 10.1. The number of urea groups is 1. The predicted molar refractivity (Wildman–Crippen MR) is 112 cm³/mol. The van der Waals surface area contributed by atoms with Gasteiger partial charge in [-0.15, -0.1) is 0 Å². The van der Waals surface area contributed by atoms with E-state index in [9.17, 15) is 9.59 Å². The van der Waals surface area contributed by atoms with Crippen molar-refractivity contribution in [2.75, 3.05) is 0 Å². The fourth-order valence-corrected chi connectivity index (χ4v) is 4.00. The van der Waals surface area contributed by atoms with Crippen molar-refractivity contribution in [3.63, 3.8) is 0 Å². The van der Waals surface area contributed by atoms with Crippen LogP contribution in [0.3, 0.4) is 0 Å².